The molecule has 0 aliphatic rings. The van der Waals surface area contributed by atoms with Crippen LogP contribution in [-0.2, 0) is 7.05 Å². The van der Waals surface area contributed by atoms with Crippen LogP contribution >= 0.6 is 0 Å². The lowest BCUT2D eigenvalue weighted by Crippen LogP contribution is -1.99. The van der Waals surface area contributed by atoms with E-state index in [1.54, 1.807) is 0 Å². The third-order valence-electron chi connectivity index (χ3n) is 2.35. The van der Waals surface area contributed by atoms with Gasteiger partial charge in [0.15, 0.2) is 0 Å². The Morgan fingerprint density at radius 3 is 2.32 bits per heavy atom. The summed E-state index contributed by atoms with van der Waals surface area (Å²) in [5.74, 6) is 1.41. The molecule has 0 amide bonds. The van der Waals surface area contributed by atoms with Gasteiger partial charge in [-0.1, -0.05) is 71.1 Å². The zero-order valence-electron chi connectivity index (χ0n) is 13.6. The van der Waals surface area contributed by atoms with Crippen LogP contribution in [0.15, 0.2) is 48.8 Å². The van der Waals surface area contributed by atoms with E-state index in [1.807, 2.05) is 70.8 Å². The molecule has 0 fully saturated rings. The van der Waals surface area contributed by atoms with E-state index < -0.39 is 0 Å². The Morgan fingerprint density at radius 2 is 1.89 bits per heavy atom. The fourth-order valence-corrected chi connectivity index (χ4v) is 1.34. The molecule has 1 rings (SSSR count). The summed E-state index contributed by atoms with van der Waals surface area (Å²) >= 11 is 0. The monoisotopic (exact) mass is 262 g/mol. The highest BCUT2D eigenvalue weighted by atomic mass is 15.0. The first-order valence-electron chi connectivity index (χ1n) is 7.10. The van der Waals surface area contributed by atoms with E-state index in [9.17, 15) is 0 Å². The number of hydrogen-bond acceptors (Lipinski definition) is 1. The molecule has 0 aliphatic carbocycles. The molecule has 2 nitrogen and oxygen atoms in total. The van der Waals surface area contributed by atoms with Gasteiger partial charge in [-0.15, -0.1) is 0 Å². The highest BCUT2D eigenvalue weighted by molar-refractivity contribution is 5.21. The van der Waals surface area contributed by atoms with Crippen molar-refractivity contribution in [1.29, 1.82) is 0 Å². The molecule has 1 unspecified atom stereocenters. The van der Waals surface area contributed by atoms with Crippen molar-refractivity contribution in [3.63, 3.8) is 0 Å². The summed E-state index contributed by atoms with van der Waals surface area (Å²) in [5.41, 5.74) is 1.17. The van der Waals surface area contributed by atoms with Gasteiger partial charge < -0.3 is 4.57 Å². The number of aromatic nitrogens is 2. The molecule has 2 heteroatoms. The molecular weight excluding hydrogens is 232 g/mol. The zero-order valence-corrected chi connectivity index (χ0v) is 13.6. The van der Waals surface area contributed by atoms with Gasteiger partial charge in [0, 0.05) is 25.4 Å². The Hall–Kier alpha value is -1.57. The van der Waals surface area contributed by atoms with Crippen LogP contribution in [0.25, 0.3) is 0 Å². The summed E-state index contributed by atoms with van der Waals surface area (Å²) in [6.45, 7) is 15.9. The van der Waals surface area contributed by atoms with Gasteiger partial charge in [-0.05, 0) is 6.92 Å². The average molecular weight is 262 g/mol. The Morgan fingerprint density at radius 1 is 1.32 bits per heavy atom. The zero-order chi connectivity index (χ0) is 15.3. The molecule has 0 saturated heterocycles. The smallest absolute Gasteiger partial charge is 0.115 e. The molecule has 0 spiro atoms. The number of hydrogen-bond donors (Lipinski definition) is 0. The van der Waals surface area contributed by atoms with Gasteiger partial charge in [0.05, 0.1) is 0 Å². The molecule has 0 aromatic carbocycles. The fraction of sp³-hybridized carbons (Fsp3) is 0.471. The largest absolute Gasteiger partial charge is 0.338 e. The van der Waals surface area contributed by atoms with Gasteiger partial charge in [0.25, 0.3) is 0 Å². The normalized spacial score (nSPS) is 12.1. The molecule has 0 aliphatic heterocycles. The summed E-state index contributed by atoms with van der Waals surface area (Å²) in [7, 11) is 2.01. The van der Waals surface area contributed by atoms with Crippen molar-refractivity contribution in [3.05, 3.63) is 54.7 Å². The first-order chi connectivity index (χ1) is 9.15. The minimum atomic E-state index is 0.332. The second-order valence-electron chi connectivity index (χ2n) is 3.68. The van der Waals surface area contributed by atoms with Gasteiger partial charge in [-0.25, -0.2) is 4.98 Å². The molecule has 1 atom stereocenters. The lowest BCUT2D eigenvalue weighted by molar-refractivity contribution is 0.755. The van der Waals surface area contributed by atoms with Crippen molar-refractivity contribution in [2.75, 3.05) is 0 Å². The van der Waals surface area contributed by atoms with Gasteiger partial charge in [-0.3, -0.25) is 0 Å². The third-order valence-corrected chi connectivity index (χ3v) is 2.35. The SMILES string of the molecule is C=C/C(C)=C\C=C/C(C)c1nccn1C.CC.CC. The predicted molar refractivity (Wildman–Crippen MR) is 87.4 cm³/mol. The lowest BCUT2D eigenvalue weighted by atomic mass is 10.1. The van der Waals surface area contributed by atoms with E-state index in [1.165, 1.54) is 5.57 Å². The van der Waals surface area contributed by atoms with Crippen molar-refractivity contribution >= 4 is 0 Å². The number of aryl methyl sites for hydroxylation is 1. The molecule has 108 valence electrons. The molecule has 19 heavy (non-hydrogen) atoms. The van der Waals surface area contributed by atoms with E-state index in [2.05, 4.69) is 30.6 Å². The van der Waals surface area contributed by atoms with Crippen molar-refractivity contribution in [2.45, 2.75) is 47.5 Å². The summed E-state index contributed by atoms with van der Waals surface area (Å²) < 4.78 is 2.04. The van der Waals surface area contributed by atoms with Crippen LogP contribution in [0.5, 0.6) is 0 Å². The summed E-state index contributed by atoms with van der Waals surface area (Å²) in [4.78, 5) is 4.30. The van der Waals surface area contributed by atoms with Crippen LogP contribution < -0.4 is 0 Å². The summed E-state index contributed by atoms with van der Waals surface area (Å²) in [6, 6.07) is 0. The third kappa shape index (κ3) is 8.20. The van der Waals surface area contributed by atoms with Gasteiger partial charge in [-0.2, -0.15) is 0 Å². The van der Waals surface area contributed by atoms with Gasteiger partial charge >= 0.3 is 0 Å². The Kier molecular flexibility index (Phi) is 13.4. The molecule has 1 aromatic heterocycles. The van der Waals surface area contributed by atoms with Crippen molar-refractivity contribution in [3.8, 4) is 0 Å². The maximum Gasteiger partial charge on any atom is 0.115 e. The second-order valence-corrected chi connectivity index (χ2v) is 3.68. The standard InChI is InChI=1S/C13H18N2.2C2H6/c1-5-11(2)7-6-8-12(3)13-14-9-10-15(13)4;2*1-2/h5-10,12H,1H2,2-4H3;2*1-2H3/b8-6-,11-7-;;. The highest BCUT2D eigenvalue weighted by Crippen LogP contribution is 2.13. The van der Waals surface area contributed by atoms with Crippen molar-refractivity contribution in [1.82, 2.24) is 9.55 Å². The van der Waals surface area contributed by atoms with Crippen molar-refractivity contribution < 1.29 is 0 Å². The Labute approximate surface area is 119 Å². The molecule has 0 bridgehead atoms. The first kappa shape index (κ1) is 19.8. The molecular formula is C17H30N2. The van der Waals surface area contributed by atoms with Crippen LogP contribution in [0.1, 0.15) is 53.3 Å². The number of rotatable bonds is 4. The minimum absolute atomic E-state index is 0.332. The number of allylic oxidation sites excluding steroid dienone is 5. The van der Waals surface area contributed by atoms with E-state index >= 15 is 0 Å². The average Bonchev–Trinajstić information content (AvgIpc) is 2.89. The first-order valence-corrected chi connectivity index (χ1v) is 7.10. The van der Waals surface area contributed by atoms with Crippen LogP contribution in [-0.4, -0.2) is 9.55 Å². The van der Waals surface area contributed by atoms with Crippen LogP contribution in [0.4, 0.5) is 0 Å². The lowest BCUT2D eigenvalue weighted by Gasteiger charge is -2.05. The van der Waals surface area contributed by atoms with Gasteiger partial charge in [0.1, 0.15) is 5.82 Å². The van der Waals surface area contributed by atoms with Gasteiger partial charge in [0.2, 0.25) is 0 Å². The van der Waals surface area contributed by atoms with E-state index in [0.29, 0.717) is 5.92 Å². The molecule has 1 aromatic rings. The highest BCUT2D eigenvalue weighted by Gasteiger charge is 2.05. The number of nitrogens with zero attached hydrogens (tertiary/aromatic N) is 2. The Bertz CT molecular complexity index is 384. The predicted octanol–water partition coefficient (Wildman–Crippen LogP) is 5.26. The van der Waals surface area contributed by atoms with Crippen LogP contribution in [0.3, 0.4) is 0 Å². The van der Waals surface area contributed by atoms with E-state index in [0.717, 1.165) is 5.82 Å². The topological polar surface area (TPSA) is 17.8 Å². The quantitative estimate of drug-likeness (QED) is 0.676. The molecule has 1 heterocycles. The second kappa shape index (κ2) is 12.9. The van der Waals surface area contributed by atoms with E-state index in [-0.39, 0.29) is 0 Å². The summed E-state index contributed by atoms with van der Waals surface area (Å²) in [5, 5.41) is 0. The maximum atomic E-state index is 4.30. The van der Waals surface area contributed by atoms with Crippen molar-refractivity contribution in [2.24, 2.45) is 7.05 Å². The van der Waals surface area contributed by atoms with Crippen LogP contribution in [0, 0.1) is 0 Å². The maximum absolute atomic E-state index is 4.30. The molecule has 0 saturated carbocycles. The van der Waals surface area contributed by atoms with E-state index in [4.69, 9.17) is 0 Å². The van der Waals surface area contributed by atoms with Crippen LogP contribution in [0.2, 0.25) is 0 Å². The fourth-order valence-electron chi connectivity index (χ4n) is 1.34. The summed E-state index contributed by atoms with van der Waals surface area (Å²) in [6.07, 6.45) is 11.9. The minimum Gasteiger partial charge on any atom is -0.338 e. The molecule has 0 radical (unpaired) electrons. The number of imidazole rings is 1. The molecule has 0 N–H and O–H groups in total. The Balaban J connectivity index is 0.